The quantitative estimate of drug-likeness (QED) is 0.944. The zero-order chi connectivity index (χ0) is 13.9. The van der Waals surface area contributed by atoms with Gasteiger partial charge in [-0.1, -0.05) is 13.0 Å². The Morgan fingerprint density at radius 2 is 2.50 bits per heavy atom. The van der Waals surface area contributed by atoms with Crippen LogP contribution in [0.3, 0.4) is 0 Å². The molecular formula is C14H17N3OS2. The molecule has 6 heteroatoms. The molecule has 0 spiro atoms. The molecule has 0 aromatic carbocycles. The Morgan fingerprint density at radius 3 is 3.20 bits per heavy atom. The van der Waals surface area contributed by atoms with Crippen LogP contribution in [-0.2, 0) is 12.3 Å². The van der Waals surface area contributed by atoms with Crippen molar-refractivity contribution in [2.45, 2.75) is 31.7 Å². The molecule has 1 atom stereocenters. The number of fused-ring (bicyclic) bond motifs is 1. The van der Waals surface area contributed by atoms with E-state index in [-0.39, 0.29) is 11.9 Å². The molecule has 1 aliphatic rings. The van der Waals surface area contributed by atoms with E-state index in [4.69, 9.17) is 0 Å². The van der Waals surface area contributed by atoms with Gasteiger partial charge < -0.3 is 9.88 Å². The number of carbonyl (C=O) groups is 1. The fraction of sp³-hybridized carbons (Fsp3) is 0.429. The minimum absolute atomic E-state index is 0.0721. The second-order valence-corrected chi connectivity index (χ2v) is 6.82. The number of nitrogens with zero attached hydrogens (tertiary/aromatic N) is 2. The van der Waals surface area contributed by atoms with Gasteiger partial charge in [-0.15, -0.1) is 11.3 Å². The Balaban J connectivity index is 1.74. The van der Waals surface area contributed by atoms with E-state index in [9.17, 15) is 4.79 Å². The van der Waals surface area contributed by atoms with Gasteiger partial charge in [0.15, 0.2) is 0 Å². The summed E-state index contributed by atoms with van der Waals surface area (Å²) in [5.74, 6) is 2.93. The normalized spacial score (nSPS) is 15.7. The van der Waals surface area contributed by atoms with Crippen LogP contribution in [-0.4, -0.2) is 21.2 Å². The number of hydrogen-bond acceptors (Lipinski definition) is 4. The standard InChI is InChI=1S/C14H17N3OS2/c1-2-10(12-4-3-6-20-12)16-14(18)11-8-17-5-7-19-9-13(17)15-11/h3-4,6,8,10H,2,5,7,9H2,1H3,(H,16,18)/t10-/m0/s1. The molecule has 20 heavy (non-hydrogen) atoms. The summed E-state index contributed by atoms with van der Waals surface area (Å²) >= 11 is 3.54. The number of imidazole rings is 1. The van der Waals surface area contributed by atoms with Crippen molar-refractivity contribution >= 4 is 29.0 Å². The highest BCUT2D eigenvalue weighted by Gasteiger charge is 2.20. The number of nitrogens with one attached hydrogen (secondary N) is 1. The number of carbonyl (C=O) groups excluding carboxylic acids is 1. The fourth-order valence-corrected chi connectivity index (χ4v) is 4.04. The second-order valence-electron chi connectivity index (χ2n) is 4.74. The molecular weight excluding hydrogens is 290 g/mol. The first-order valence-electron chi connectivity index (χ1n) is 6.76. The molecule has 0 saturated carbocycles. The van der Waals surface area contributed by atoms with Crippen LogP contribution in [0.4, 0.5) is 0 Å². The summed E-state index contributed by atoms with van der Waals surface area (Å²) in [5.41, 5.74) is 0.539. The number of rotatable bonds is 4. The van der Waals surface area contributed by atoms with Crippen LogP contribution >= 0.6 is 23.1 Å². The smallest absolute Gasteiger partial charge is 0.271 e. The molecule has 4 nitrogen and oxygen atoms in total. The van der Waals surface area contributed by atoms with Crippen molar-refractivity contribution in [2.75, 3.05) is 5.75 Å². The molecule has 0 bridgehead atoms. The lowest BCUT2D eigenvalue weighted by Crippen LogP contribution is -2.27. The molecule has 0 saturated heterocycles. The summed E-state index contributed by atoms with van der Waals surface area (Å²) in [5, 5.41) is 5.12. The third-order valence-corrected chi connectivity index (χ3v) is 5.32. The number of aryl methyl sites for hydroxylation is 1. The molecule has 0 aliphatic carbocycles. The van der Waals surface area contributed by atoms with Gasteiger partial charge in [0.1, 0.15) is 11.5 Å². The number of thiophene rings is 1. The molecule has 1 aliphatic heterocycles. The maximum absolute atomic E-state index is 12.3. The van der Waals surface area contributed by atoms with Crippen molar-refractivity contribution < 1.29 is 4.79 Å². The largest absolute Gasteiger partial charge is 0.343 e. The first kappa shape index (κ1) is 13.7. The third-order valence-electron chi connectivity index (χ3n) is 3.40. The highest BCUT2D eigenvalue weighted by atomic mass is 32.2. The lowest BCUT2D eigenvalue weighted by Gasteiger charge is -2.14. The summed E-state index contributed by atoms with van der Waals surface area (Å²) in [6.45, 7) is 3.03. The van der Waals surface area contributed by atoms with Gasteiger partial charge in [0.25, 0.3) is 5.91 Å². The highest BCUT2D eigenvalue weighted by molar-refractivity contribution is 7.98. The van der Waals surface area contributed by atoms with E-state index in [0.29, 0.717) is 5.69 Å². The van der Waals surface area contributed by atoms with E-state index in [1.54, 1.807) is 11.3 Å². The van der Waals surface area contributed by atoms with Gasteiger partial charge in [0.2, 0.25) is 0 Å². The Bertz CT molecular complexity index is 568. The van der Waals surface area contributed by atoms with E-state index in [0.717, 1.165) is 30.3 Å². The van der Waals surface area contributed by atoms with E-state index in [2.05, 4.69) is 27.9 Å². The average molecular weight is 307 g/mol. The minimum Gasteiger partial charge on any atom is -0.343 e. The van der Waals surface area contributed by atoms with Crippen molar-refractivity contribution in [3.63, 3.8) is 0 Å². The molecule has 1 amide bonds. The monoisotopic (exact) mass is 307 g/mol. The maximum atomic E-state index is 12.3. The van der Waals surface area contributed by atoms with Crippen molar-refractivity contribution in [3.05, 3.63) is 40.1 Å². The summed E-state index contributed by atoms with van der Waals surface area (Å²) in [7, 11) is 0. The van der Waals surface area contributed by atoms with Crippen LogP contribution in [0.15, 0.2) is 23.7 Å². The Labute approximate surface area is 126 Å². The molecule has 2 aromatic heterocycles. The van der Waals surface area contributed by atoms with E-state index < -0.39 is 0 Å². The van der Waals surface area contributed by atoms with E-state index in [1.807, 2.05) is 29.4 Å². The summed E-state index contributed by atoms with van der Waals surface area (Å²) in [6.07, 6.45) is 2.77. The lowest BCUT2D eigenvalue weighted by atomic mass is 10.2. The Kier molecular flexibility index (Phi) is 4.12. The zero-order valence-corrected chi connectivity index (χ0v) is 13.0. The first-order valence-corrected chi connectivity index (χ1v) is 8.79. The zero-order valence-electron chi connectivity index (χ0n) is 11.3. The van der Waals surface area contributed by atoms with Gasteiger partial charge in [-0.05, 0) is 17.9 Å². The van der Waals surface area contributed by atoms with Crippen LogP contribution in [0.2, 0.25) is 0 Å². The fourth-order valence-electron chi connectivity index (χ4n) is 2.29. The van der Waals surface area contributed by atoms with Crippen molar-refractivity contribution in [2.24, 2.45) is 0 Å². The second kappa shape index (κ2) is 6.01. The van der Waals surface area contributed by atoms with Crippen LogP contribution in [0, 0.1) is 0 Å². The number of thioether (sulfide) groups is 1. The predicted octanol–water partition coefficient (Wildman–Crippen LogP) is 3.07. The van der Waals surface area contributed by atoms with Gasteiger partial charge >= 0.3 is 0 Å². The van der Waals surface area contributed by atoms with Crippen molar-refractivity contribution in [1.82, 2.24) is 14.9 Å². The molecule has 1 N–H and O–H groups in total. The van der Waals surface area contributed by atoms with Crippen molar-refractivity contribution in [3.8, 4) is 0 Å². The number of aromatic nitrogens is 2. The molecule has 0 unspecified atom stereocenters. The Hall–Kier alpha value is -1.27. The third kappa shape index (κ3) is 2.76. The highest BCUT2D eigenvalue weighted by Crippen LogP contribution is 2.23. The van der Waals surface area contributed by atoms with E-state index >= 15 is 0 Å². The van der Waals surface area contributed by atoms with Crippen LogP contribution in [0.1, 0.15) is 40.6 Å². The van der Waals surface area contributed by atoms with Gasteiger partial charge in [0.05, 0.1) is 11.8 Å². The number of hydrogen-bond donors (Lipinski definition) is 1. The lowest BCUT2D eigenvalue weighted by molar-refractivity contribution is 0.0931. The SMILES string of the molecule is CC[C@H](NC(=O)c1cn2c(n1)CSCC2)c1cccs1. The summed E-state index contributed by atoms with van der Waals surface area (Å²) < 4.78 is 2.09. The molecule has 3 rings (SSSR count). The molecule has 0 radical (unpaired) electrons. The van der Waals surface area contributed by atoms with Gasteiger partial charge in [-0.25, -0.2) is 4.98 Å². The minimum atomic E-state index is -0.0721. The number of amides is 1. The van der Waals surface area contributed by atoms with Gasteiger partial charge in [0, 0.05) is 23.4 Å². The molecule has 106 valence electrons. The van der Waals surface area contributed by atoms with Crippen LogP contribution in [0.5, 0.6) is 0 Å². The maximum Gasteiger partial charge on any atom is 0.271 e. The first-order chi connectivity index (χ1) is 9.78. The van der Waals surface area contributed by atoms with Gasteiger partial charge in [-0.3, -0.25) is 4.79 Å². The summed E-state index contributed by atoms with van der Waals surface area (Å²) in [4.78, 5) is 18.0. The van der Waals surface area contributed by atoms with Crippen LogP contribution in [0.25, 0.3) is 0 Å². The van der Waals surface area contributed by atoms with Gasteiger partial charge in [-0.2, -0.15) is 11.8 Å². The van der Waals surface area contributed by atoms with Crippen molar-refractivity contribution in [1.29, 1.82) is 0 Å². The average Bonchev–Trinajstić information content (AvgIpc) is 3.13. The van der Waals surface area contributed by atoms with E-state index in [1.165, 1.54) is 4.88 Å². The molecule has 0 fully saturated rings. The molecule has 2 aromatic rings. The topological polar surface area (TPSA) is 46.9 Å². The van der Waals surface area contributed by atoms with Crippen LogP contribution < -0.4 is 5.32 Å². The Morgan fingerprint density at radius 1 is 1.60 bits per heavy atom. The molecule has 3 heterocycles. The predicted molar refractivity (Wildman–Crippen MR) is 83.2 cm³/mol. The summed E-state index contributed by atoms with van der Waals surface area (Å²) in [6, 6.07) is 4.16.